The predicted molar refractivity (Wildman–Crippen MR) is 72.0 cm³/mol. The molecule has 1 fully saturated rings. The van der Waals surface area contributed by atoms with Crippen molar-refractivity contribution in [2.45, 2.75) is 32.4 Å². The molecule has 0 bridgehead atoms. The van der Waals surface area contributed by atoms with Gasteiger partial charge in [0.15, 0.2) is 0 Å². The molecule has 106 valence electrons. The molecule has 3 rings (SSSR count). The first-order chi connectivity index (χ1) is 9.54. The van der Waals surface area contributed by atoms with E-state index in [9.17, 15) is 9.18 Å². The Morgan fingerprint density at radius 1 is 1.60 bits per heavy atom. The zero-order valence-electron chi connectivity index (χ0n) is 11.1. The van der Waals surface area contributed by atoms with Gasteiger partial charge in [-0.1, -0.05) is 0 Å². The van der Waals surface area contributed by atoms with Crippen LogP contribution < -0.4 is 5.32 Å². The van der Waals surface area contributed by atoms with Gasteiger partial charge >= 0.3 is 6.09 Å². The molecule has 1 aromatic carbocycles. The summed E-state index contributed by atoms with van der Waals surface area (Å²) in [5, 5.41) is 11.2. The summed E-state index contributed by atoms with van der Waals surface area (Å²) in [4.78, 5) is 15.2. The number of aromatic nitrogens is 2. The largest absolute Gasteiger partial charge is 0.465 e. The fourth-order valence-electron chi connectivity index (χ4n) is 2.45. The molecular formula is C14H16FN3O2. The van der Waals surface area contributed by atoms with Crippen LogP contribution in [0.5, 0.6) is 0 Å². The van der Waals surface area contributed by atoms with Crippen LogP contribution in [-0.4, -0.2) is 20.8 Å². The van der Waals surface area contributed by atoms with Gasteiger partial charge in [-0.25, -0.2) is 14.2 Å². The van der Waals surface area contributed by atoms with Crippen molar-refractivity contribution < 1.29 is 14.3 Å². The minimum Gasteiger partial charge on any atom is -0.465 e. The van der Waals surface area contributed by atoms with Crippen molar-refractivity contribution in [1.82, 2.24) is 14.9 Å². The van der Waals surface area contributed by atoms with Crippen LogP contribution in [0.15, 0.2) is 18.2 Å². The zero-order chi connectivity index (χ0) is 14.3. The smallest absolute Gasteiger partial charge is 0.405 e. The molecule has 1 saturated carbocycles. The lowest BCUT2D eigenvalue weighted by atomic mass is 10.3. The van der Waals surface area contributed by atoms with Crippen LogP contribution in [-0.2, 0) is 6.54 Å². The van der Waals surface area contributed by atoms with Gasteiger partial charge in [0.1, 0.15) is 11.6 Å². The molecule has 1 aliphatic carbocycles. The van der Waals surface area contributed by atoms with Gasteiger partial charge in [-0.2, -0.15) is 0 Å². The van der Waals surface area contributed by atoms with E-state index in [0.29, 0.717) is 17.3 Å². The molecular weight excluding hydrogens is 261 g/mol. The van der Waals surface area contributed by atoms with Gasteiger partial charge in [0.05, 0.1) is 17.1 Å². The minimum atomic E-state index is -1.09. The summed E-state index contributed by atoms with van der Waals surface area (Å²) >= 11 is 0. The Balaban J connectivity index is 2.06. The monoisotopic (exact) mass is 277 g/mol. The van der Waals surface area contributed by atoms with E-state index >= 15 is 0 Å². The number of nitrogens with one attached hydrogen (secondary N) is 1. The molecule has 1 aromatic heterocycles. The molecule has 1 aliphatic rings. The van der Waals surface area contributed by atoms with Crippen LogP contribution in [0.25, 0.3) is 11.0 Å². The summed E-state index contributed by atoms with van der Waals surface area (Å²) in [6, 6.07) is 4.03. The number of fused-ring (bicyclic) bond motifs is 1. The van der Waals surface area contributed by atoms with E-state index in [-0.39, 0.29) is 5.82 Å². The highest BCUT2D eigenvalue weighted by Gasteiger charge is 2.26. The second kappa shape index (κ2) is 4.77. The second-order valence-electron chi connectivity index (χ2n) is 5.33. The third-order valence-electron chi connectivity index (χ3n) is 3.60. The topological polar surface area (TPSA) is 67.2 Å². The van der Waals surface area contributed by atoms with Crippen LogP contribution >= 0.6 is 0 Å². The quantitative estimate of drug-likeness (QED) is 0.903. The van der Waals surface area contributed by atoms with E-state index in [1.165, 1.54) is 12.1 Å². The number of nitrogens with zero attached hydrogens (tertiary/aromatic N) is 2. The predicted octanol–water partition coefficient (Wildman–Crippen LogP) is 2.91. The number of halogens is 1. The molecule has 0 aliphatic heterocycles. The number of hydrogen-bond donors (Lipinski definition) is 2. The highest BCUT2D eigenvalue weighted by atomic mass is 19.1. The van der Waals surface area contributed by atoms with E-state index in [2.05, 4.69) is 10.3 Å². The molecule has 0 saturated heterocycles. The number of imidazole rings is 1. The van der Waals surface area contributed by atoms with Crippen LogP contribution in [0.3, 0.4) is 0 Å². The Hall–Kier alpha value is -2.11. The van der Waals surface area contributed by atoms with Crippen molar-refractivity contribution >= 4 is 17.1 Å². The Morgan fingerprint density at radius 2 is 2.35 bits per heavy atom. The van der Waals surface area contributed by atoms with Gasteiger partial charge in [0, 0.05) is 6.54 Å². The molecule has 0 radical (unpaired) electrons. The van der Waals surface area contributed by atoms with Crippen LogP contribution in [0.2, 0.25) is 0 Å². The van der Waals surface area contributed by atoms with Crippen LogP contribution in [0.4, 0.5) is 9.18 Å². The molecule has 0 unspecified atom stereocenters. The second-order valence-corrected chi connectivity index (χ2v) is 5.33. The fraction of sp³-hybridized carbons (Fsp3) is 0.429. The number of rotatable bonds is 4. The first-order valence-electron chi connectivity index (χ1n) is 6.69. The first kappa shape index (κ1) is 12.9. The van der Waals surface area contributed by atoms with Crippen molar-refractivity contribution in [3.63, 3.8) is 0 Å². The molecule has 5 nitrogen and oxygen atoms in total. The first-order valence-corrected chi connectivity index (χ1v) is 6.69. The highest BCUT2D eigenvalue weighted by molar-refractivity contribution is 5.76. The van der Waals surface area contributed by atoms with E-state index in [0.717, 1.165) is 24.9 Å². The summed E-state index contributed by atoms with van der Waals surface area (Å²) in [5.74, 6) is 0.922. The molecule has 1 heterocycles. The summed E-state index contributed by atoms with van der Waals surface area (Å²) in [6.45, 7) is 2.51. The number of hydrogen-bond acceptors (Lipinski definition) is 2. The SMILES string of the molecule is C[C@H](NC(=O)O)c1nc2ccc(F)cc2n1CC1CC1. The molecule has 1 amide bonds. The molecule has 2 N–H and O–H groups in total. The maximum absolute atomic E-state index is 13.4. The fourth-order valence-corrected chi connectivity index (χ4v) is 2.45. The third kappa shape index (κ3) is 2.45. The zero-order valence-corrected chi connectivity index (χ0v) is 11.1. The molecule has 0 spiro atoms. The Kier molecular flexibility index (Phi) is 3.08. The van der Waals surface area contributed by atoms with E-state index in [1.807, 2.05) is 4.57 Å². The number of benzene rings is 1. The van der Waals surface area contributed by atoms with Gasteiger partial charge in [0.2, 0.25) is 0 Å². The van der Waals surface area contributed by atoms with E-state index in [4.69, 9.17) is 5.11 Å². The normalized spacial score (nSPS) is 16.3. The standard InChI is InChI=1S/C14H16FN3O2/c1-8(16-14(19)20)13-17-11-5-4-10(15)6-12(11)18(13)7-9-2-3-9/h4-6,8-9,16H,2-3,7H2,1H3,(H,19,20)/t8-/m0/s1. The number of amides is 1. The van der Waals surface area contributed by atoms with E-state index in [1.54, 1.807) is 13.0 Å². The van der Waals surface area contributed by atoms with Gasteiger partial charge in [0.25, 0.3) is 0 Å². The third-order valence-corrected chi connectivity index (χ3v) is 3.60. The maximum Gasteiger partial charge on any atom is 0.405 e. The molecule has 1 atom stereocenters. The van der Waals surface area contributed by atoms with Crippen molar-refractivity contribution in [3.8, 4) is 0 Å². The number of carboxylic acid groups (broad SMARTS) is 1. The Morgan fingerprint density at radius 3 is 3.00 bits per heavy atom. The summed E-state index contributed by atoms with van der Waals surface area (Å²) in [6.07, 6.45) is 1.23. The lowest BCUT2D eigenvalue weighted by Gasteiger charge is -2.14. The van der Waals surface area contributed by atoms with Crippen molar-refractivity contribution in [2.24, 2.45) is 5.92 Å². The summed E-state index contributed by atoms with van der Waals surface area (Å²) < 4.78 is 15.4. The van der Waals surface area contributed by atoms with Crippen LogP contribution in [0.1, 0.15) is 31.6 Å². The molecule has 20 heavy (non-hydrogen) atoms. The van der Waals surface area contributed by atoms with Crippen molar-refractivity contribution in [1.29, 1.82) is 0 Å². The lowest BCUT2D eigenvalue weighted by molar-refractivity contribution is 0.190. The number of carbonyl (C=O) groups is 1. The molecule has 2 aromatic rings. The lowest BCUT2D eigenvalue weighted by Crippen LogP contribution is -2.27. The Bertz CT molecular complexity index is 664. The van der Waals surface area contributed by atoms with Crippen molar-refractivity contribution in [2.75, 3.05) is 0 Å². The van der Waals surface area contributed by atoms with Gasteiger partial charge in [-0.05, 0) is 43.9 Å². The van der Waals surface area contributed by atoms with Crippen molar-refractivity contribution in [3.05, 3.63) is 29.8 Å². The highest BCUT2D eigenvalue weighted by Crippen LogP contribution is 2.33. The van der Waals surface area contributed by atoms with E-state index < -0.39 is 12.1 Å². The average molecular weight is 277 g/mol. The average Bonchev–Trinajstić information content (AvgIpc) is 3.11. The van der Waals surface area contributed by atoms with Gasteiger partial charge in [-0.15, -0.1) is 0 Å². The molecule has 6 heteroatoms. The Labute approximate surface area is 115 Å². The van der Waals surface area contributed by atoms with Crippen LogP contribution in [0, 0.1) is 11.7 Å². The summed E-state index contributed by atoms with van der Waals surface area (Å²) in [7, 11) is 0. The maximum atomic E-state index is 13.4. The van der Waals surface area contributed by atoms with Gasteiger partial charge in [-0.3, -0.25) is 0 Å². The summed E-state index contributed by atoms with van der Waals surface area (Å²) in [5.41, 5.74) is 1.42. The van der Waals surface area contributed by atoms with Gasteiger partial charge < -0.3 is 15.0 Å². The minimum absolute atomic E-state index is 0.306.